The lowest BCUT2D eigenvalue weighted by Crippen LogP contribution is -2.51. The Kier molecular flexibility index (Phi) is 7.31. The summed E-state index contributed by atoms with van der Waals surface area (Å²) >= 11 is 0. The second-order valence-corrected chi connectivity index (χ2v) is 10.6. The van der Waals surface area contributed by atoms with Crippen molar-refractivity contribution < 1.29 is 27.7 Å². The number of hydrogen-bond donors (Lipinski definition) is 2. The Hall–Kier alpha value is -4.17. The number of amides is 4. The van der Waals surface area contributed by atoms with Gasteiger partial charge in [-0.25, -0.2) is 18.2 Å². The van der Waals surface area contributed by atoms with Crippen LogP contribution in [0.5, 0.6) is 0 Å². The molecule has 14 heteroatoms. The summed E-state index contributed by atoms with van der Waals surface area (Å²) in [7, 11) is -3.54. The van der Waals surface area contributed by atoms with Gasteiger partial charge in [-0.3, -0.25) is 30.3 Å². The van der Waals surface area contributed by atoms with Gasteiger partial charge in [0.1, 0.15) is 17.6 Å². The van der Waals surface area contributed by atoms with E-state index in [4.69, 9.17) is 0 Å². The molecule has 0 aliphatic carbocycles. The minimum Gasteiger partial charge on any atom is -0.356 e. The number of carbonyl (C=O) groups is 3. The lowest BCUT2D eigenvalue weighted by Gasteiger charge is -2.37. The molecule has 3 heterocycles. The summed E-state index contributed by atoms with van der Waals surface area (Å²) in [5.41, 5.74) is 0.955. The molecule has 194 valence electrons. The van der Waals surface area contributed by atoms with Gasteiger partial charge in [0.2, 0.25) is 10.0 Å². The predicted molar refractivity (Wildman–Crippen MR) is 133 cm³/mol. The van der Waals surface area contributed by atoms with Gasteiger partial charge in [0.25, 0.3) is 17.5 Å². The van der Waals surface area contributed by atoms with Crippen molar-refractivity contribution in [2.24, 2.45) is 0 Å². The number of rotatable bonds is 7. The third kappa shape index (κ3) is 6.16. The normalized spacial score (nSPS) is 17.0. The topological polar surface area (TPSA) is 172 Å². The van der Waals surface area contributed by atoms with Crippen LogP contribution in [-0.2, 0) is 26.2 Å². The van der Waals surface area contributed by atoms with Crippen LogP contribution in [0.4, 0.5) is 16.3 Å². The molecule has 0 saturated carbocycles. The number of imide groups is 2. The summed E-state index contributed by atoms with van der Waals surface area (Å²) in [4.78, 5) is 51.4. The van der Waals surface area contributed by atoms with Crippen molar-refractivity contribution in [1.29, 1.82) is 0 Å². The number of nitrogens with one attached hydrogen (secondary N) is 2. The Morgan fingerprint density at radius 2 is 1.70 bits per heavy atom. The maximum atomic E-state index is 12.6. The van der Waals surface area contributed by atoms with Gasteiger partial charge in [-0.2, -0.15) is 4.31 Å². The summed E-state index contributed by atoms with van der Waals surface area (Å²) in [5, 5.41) is 14.8. The highest BCUT2D eigenvalue weighted by Crippen LogP contribution is 2.25. The third-order valence-electron chi connectivity index (χ3n) is 6.14. The standard InChI is InChI=1S/C23H24N6O7S/c1-37(35,36)28(17-8-10-27(11-9-17)20-7-6-18(13-24-20)29(33)34)14-16-4-2-15(3-5-16)12-19-21(30)25-23(32)26-22(19)31/h2-7,12-13,17H,8-11,14H2,1H3,(H2,25,26,30,31,32). The highest BCUT2D eigenvalue weighted by molar-refractivity contribution is 7.88. The number of anilines is 1. The molecule has 0 spiro atoms. The molecule has 0 atom stereocenters. The van der Waals surface area contributed by atoms with Crippen molar-refractivity contribution in [2.45, 2.75) is 25.4 Å². The Bertz CT molecular complexity index is 1340. The van der Waals surface area contributed by atoms with Gasteiger partial charge in [-0.15, -0.1) is 0 Å². The number of barbiturate groups is 1. The zero-order valence-corrected chi connectivity index (χ0v) is 20.6. The van der Waals surface area contributed by atoms with Crippen LogP contribution in [0.2, 0.25) is 0 Å². The Labute approximate surface area is 212 Å². The van der Waals surface area contributed by atoms with Gasteiger partial charge in [0.05, 0.1) is 11.2 Å². The summed E-state index contributed by atoms with van der Waals surface area (Å²) in [6, 6.07) is 8.60. The van der Waals surface area contributed by atoms with Crippen LogP contribution in [0.25, 0.3) is 6.08 Å². The zero-order chi connectivity index (χ0) is 26.7. The van der Waals surface area contributed by atoms with Gasteiger partial charge in [0, 0.05) is 31.7 Å². The number of hydrogen-bond acceptors (Lipinski definition) is 9. The van der Waals surface area contributed by atoms with E-state index in [9.17, 15) is 32.9 Å². The number of benzene rings is 1. The molecule has 0 radical (unpaired) electrons. The van der Waals surface area contributed by atoms with Crippen molar-refractivity contribution in [3.05, 3.63) is 69.4 Å². The van der Waals surface area contributed by atoms with Crippen LogP contribution in [0.3, 0.4) is 0 Å². The first-order valence-corrected chi connectivity index (χ1v) is 13.2. The molecule has 2 aromatic rings. The van der Waals surface area contributed by atoms with Crippen LogP contribution in [-0.4, -0.2) is 65.9 Å². The summed E-state index contributed by atoms with van der Waals surface area (Å²) in [6.07, 6.45) is 4.82. The molecular formula is C23H24N6O7S. The van der Waals surface area contributed by atoms with Crippen LogP contribution in [0, 0.1) is 10.1 Å². The number of carbonyl (C=O) groups excluding carboxylic acids is 3. The number of nitrogens with zero attached hydrogens (tertiary/aromatic N) is 4. The number of pyridine rings is 1. The van der Waals surface area contributed by atoms with Gasteiger partial charge >= 0.3 is 6.03 Å². The first kappa shape index (κ1) is 25.9. The monoisotopic (exact) mass is 528 g/mol. The van der Waals surface area contributed by atoms with E-state index in [0.29, 0.717) is 37.3 Å². The average molecular weight is 529 g/mol. The fourth-order valence-electron chi connectivity index (χ4n) is 4.25. The van der Waals surface area contributed by atoms with Crippen LogP contribution in [0.15, 0.2) is 48.2 Å². The highest BCUT2D eigenvalue weighted by Gasteiger charge is 2.31. The lowest BCUT2D eigenvalue weighted by molar-refractivity contribution is -0.385. The number of piperidine rings is 1. The van der Waals surface area contributed by atoms with E-state index in [2.05, 4.69) is 4.98 Å². The lowest BCUT2D eigenvalue weighted by atomic mass is 10.0. The van der Waals surface area contributed by atoms with Gasteiger partial charge in [0.15, 0.2) is 0 Å². The maximum absolute atomic E-state index is 12.6. The number of aromatic nitrogens is 1. The first-order valence-electron chi connectivity index (χ1n) is 11.3. The van der Waals surface area contributed by atoms with Crippen LogP contribution >= 0.6 is 0 Å². The van der Waals surface area contributed by atoms with E-state index in [1.165, 1.54) is 22.6 Å². The fourth-order valence-corrected chi connectivity index (χ4v) is 5.38. The smallest absolute Gasteiger partial charge is 0.328 e. The molecule has 0 unspecified atom stereocenters. The van der Waals surface area contributed by atoms with Crippen molar-refractivity contribution in [3.8, 4) is 0 Å². The van der Waals surface area contributed by atoms with Crippen molar-refractivity contribution in [2.75, 3.05) is 24.2 Å². The first-order chi connectivity index (χ1) is 17.5. The summed E-state index contributed by atoms with van der Waals surface area (Å²) in [6.45, 7) is 1.23. The van der Waals surface area contributed by atoms with Crippen molar-refractivity contribution in [1.82, 2.24) is 19.9 Å². The van der Waals surface area contributed by atoms with E-state index >= 15 is 0 Å². The molecule has 2 N–H and O–H groups in total. The molecule has 37 heavy (non-hydrogen) atoms. The summed E-state index contributed by atoms with van der Waals surface area (Å²) in [5.74, 6) is -0.989. The molecule has 1 aromatic carbocycles. The molecule has 4 amide bonds. The van der Waals surface area contributed by atoms with Crippen LogP contribution in [0.1, 0.15) is 24.0 Å². The summed E-state index contributed by atoms with van der Waals surface area (Å²) < 4.78 is 26.7. The van der Waals surface area contributed by atoms with Gasteiger partial charge < -0.3 is 4.90 Å². The zero-order valence-electron chi connectivity index (χ0n) is 19.8. The molecule has 2 saturated heterocycles. The Balaban J connectivity index is 1.42. The van der Waals surface area contributed by atoms with E-state index in [0.717, 1.165) is 11.8 Å². The fraction of sp³-hybridized carbons (Fsp3) is 0.304. The Morgan fingerprint density at radius 3 is 2.22 bits per heavy atom. The van der Waals surface area contributed by atoms with E-state index in [1.807, 2.05) is 15.5 Å². The van der Waals surface area contributed by atoms with Gasteiger partial charge in [-0.1, -0.05) is 24.3 Å². The second-order valence-electron chi connectivity index (χ2n) is 8.70. The highest BCUT2D eigenvalue weighted by atomic mass is 32.2. The van der Waals surface area contributed by atoms with E-state index < -0.39 is 32.8 Å². The molecule has 1 aromatic heterocycles. The molecule has 2 aliphatic rings. The van der Waals surface area contributed by atoms with E-state index in [-0.39, 0.29) is 23.8 Å². The SMILES string of the molecule is CS(=O)(=O)N(Cc1ccc(C=C2C(=O)NC(=O)NC2=O)cc1)C1CCN(c2ccc([N+](=O)[O-])cn2)CC1. The van der Waals surface area contributed by atoms with Crippen molar-refractivity contribution >= 4 is 45.5 Å². The molecular weight excluding hydrogens is 504 g/mol. The average Bonchev–Trinajstić information content (AvgIpc) is 2.85. The van der Waals surface area contributed by atoms with Crippen molar-refractivity contribution in [3.63, 3.8) is 0 Å². The largest absolute Gasteiger partial charge is 0.356 e. The quantitative estimate of drug-likeness (QED) is 0.231. The molecule has 0 bridgehead atoms. The van der Waals surface area contributed by atoms with Gasteiger partial charge in [-0.05, 0) is 36.1 Å². The maximum Gasteiger partial charge on any atom is 0.328 e. The second kappa shape index (κ2) is 10.4. The number of sulfonamides is 1. The third-order valence-corrected chi connectivity index (χ3v) is 7.42. The number of urea groups is 1. The van der Waals surface area contributed by atoms with E-state index in [1.54, 1.807) is 30.3 Å². The molecule has 2 fully saturated rings. The minimum atomic E-state index is -3.54. The Morgan fingerprint density at radius 1 is 1.08 bits per heavy atom. The van der Waals surface area contributed by atoms with Crippen LogP contribution < -0.4 is 15.5 Å². The molecule has 4 rings (SSSR count). The predicted octanol–water partition coefficient (Wildman–Crippen LogP) is 1.17. The molecule has 13 nitrogen and oxygen atoms in total. The number of nitro groups is 1. The minimum absolute atomic E-state index is 0.0931. The molecule has 2 aliphatic heterocycles.